The van der Waals surface area contributed by atoms with Crippen molar-refractivity contribution in [1.82, 2.24) is 0 Å². The largest absolute Gasteiger partial charge is 0.130 e. The molecule has 0 heterocycles. The molecule has 0 aromatic rings. The first-order chi connectivity index (χ1) is 8.00. The minimum absolute atomic E-state index is 0. The second-order valence-electron chi connectivity index (χ2n) is 4.43. The van der Waals surface area contributed by atoms with Crippen molar-refractivity contribution in [3.63, 3.8) is 0 Å². The smallest absolute Gasteiger partial charge is 0 e. The molecular weight excluding hydrogens is 251 g/mol. The van der Waals surface area contributed by atoms with Gasteiger partial charge in [-0.05, 0) is 75.7 Å². The van der Waals surface area contributed by atoms with Crippen molar-refractivity contribution in [2.45, 2.75) is 64.2 Å². The third kappa shape index (κ3) is 11.8. The van der Waals surface area contributed by atoms with Gasteiger partial charge in [-0.15, -0.1) is 11.5 Å². The molecule has 0 nitrogen and oxygen atoms in total. The summed E-state index contributed by atoms with van der Waals surface area (Å²) in [6.07, 6.45) is 21.7. The maximum Gasteiger partial charge on any atom is 0 e. The summed E-state index contributed by atoms with van der Waals surface area (Å²) in [5.41, 5.74) is 6.27. The first-order valence-corrected chi connectivity index (χ1v) is 6.79. The Morgan fingerprint density at radius 1 is 0.471 bits per heavy atom. The van der Waals surface area contributed by atoms with Crippen LogP contribution in [0.3, 0.4) is 0 Å². The molecule has 0 saturated heterocycles. The van der Waals surface area contributed by atoms with Crippen molar-refractivity contribution in [2.24, 2.45) is 0 Å². The zero-order chi connectivity index (χ0) is 11.3. The van der Waals surface area contributed by atoms with E-state index in [1.54, 1.807) is 0 Å². The van der Waals surface area contributed by atoms with Crippen LogP contribution in [0.25, 0.3) is 0 Å². The normalized spacial score (nSPS) is 18.8. The van der Waals surface area contributed by atoms with Crippen LogP contribution in [0, 0.1) is 0 Å². The summed E-state index contributed by atoms with van der Waals surface area (Å²) in [5.74, 6) is 0. The van der Waals surface area contributed by atoms with E-state index >= 15 is 0 Å². The first kappa shape index (κ1) is 16.5. The molecule has 0 amide bonds. The minimum atomic E-state index is 0. The quantitative estimate of drug-likeness (QED) is 0.414. The molecule has 0 bridgehead atoms. The molecule has 0 aromatic carbocycles. The van der Waals surface area contributed by atoms with Crippen LogP contribution in [-0.4, -0.2) is 0 Å². The Bertz CT molecular complexity index is 226. The second-order valence-corrected chi connectivity index (χ2v) is 4.43. The number of hydrogen-bond donors (Lipinski definition) is 0. The Kier molecular flexibility index (Phi) is 13.2. The fourth-order valence-corrected chi connectivity index (χ4v) is 1.84. The molecule has 0 N–H and O–H groups in total. The molecule has 0 fully saturated rings. The molecule has 0 spiro atoms. The second kappa shape index (κ2) is 13.6. The molecular formula is C16H24Ni. The van der Waals surface area contributed by atoms with Gasteiger partial charge in [-0.3, -0.25) is 0 Å². The number of rotatable bonds is 0. The number of hydrogen-bond acceptors (Lipinski definition) is 0. The van der Waals surface area contributed by atoms with Crippen molar-refractivity contribution in [3.05, 3.63) is 35.8 Å². The minimum Gasteiger partial charge on any atom is -0.130 e. The summed E-state index contributed by atoms with van der Waals surface area (Å²) in [5, 5.41) is 0. The summed E-state index contributed by atoms with van der Waals surface area (Å²) < 4.78 is 0. The molecule has 0 atom stereocenters. The van der Waals surface area contributed by atoms with Gasteiger partial charge in [-0.2, -0.15) is 0 Å². The van der Waals surface area contributed by atoms with Gasteiger partial charge in [0, 0.05) is 16.5 Å². The maximum atomic E-state index is 3.14. The average molecular weight is 275 g/mol. The van der Waals surface area contributed by atoms with E-state index < -0.39 is 0 Å². The molecule has 0 saturated carbocycles. The van der Waals surface area contributed by atoms with Crippen LogP contribution in [-0.2, 0) is 16.5 Å². The van der Waals surface area contributed by atoms with Crippen molar-refractivity contribution in [2.75, 3.05) is 0 Å². The summed E-state index contributed by atoms with van der Waals surface area (Å²) >= 11 is 0. The molecule has 98 valence electrons. The van der Waals surface area contributed by atoms with Crippen LogP contribution in [0.1, 0.15) is 64.2 Å². The summed E-state index contributed by atoms with van der Waals surface area (Å²) in [4.78, 5) is 0. The fourth-order valence-electron chi connectivity index (χ4n) is 1.84. The van der Waals surface area contributed by atoms with Crippen molar-refractivity contribution in [3.8, 4) is 0 Å². The Labute approximate surface area is 116 Å². The van der Waals surface area contributed by atoms with Crippen molar-refractivity contribution >= 4 is 0 Å². The fraction of sp³-hybridized carbons (Fsp3) is 0.625. The van der Waals surface area contributed by atoms with Gasteiger partial charge in [0.1, 0.15) is 0 Å². The van der Waals surface area contributed by atoms with E-state index in [4.69, 9.17) is 0 Å². The van der Waals surface area contributed by atoms with E-state index in [2.05, 4.69) is 35.8 Å². The molecule has 2 aliphatic rings. The van der Waals surface area contributed by atoms with Crippen LogP contribution < -0.4 is 0 Å². The molecule has 0 aliphatic heterocycles. The topological polar surface area (TPSA) is 0 Å². The summed E-state index contributed by atoms with van der Waals surface area (Å²) in [6, 6.07) is 0. The van der Waals surface area contributed by atoms with Crippen LogP contribution in [0.4, 0.5) is 0 Å². The van der Waals surface area contributed by atoms with Crippen molar-refractivity contribution < 1.29 is 16.5 Å². The molecule has 1 heteroatoms. The Morgan fingerprint density at radius 2 is 0.765 bits per heavy atom. The van der Waals surface area contributed by atoms with Gasteiger partial charge in [0.15, 0.2) is 0 Å². The molecule has 0 radical (unpaired) electrons. The molecule has 2 aliphatic carbocycles. The monoisotopic (exact) mass is 274 g/mol. The Morgan fingerprint density at radius 3 is 1.06 bits per heavy atom. The van der Waals surface area contributed by atoms with Gasteiger partial charge in [0.2, 0.25) is 0 Å². The Balaban J connectivity index is 0.000000284. The van der Waals surface area contributed by atoms with E-state index in [-0.39, 0.29) is 16.5 Å². The predicted octanol–water partition coefficient (Wildman–Crippen LogP) is 5.32. The van der Waals surface area contributed by atoms with E-state index in [1.165, 1.54) is 64.2 Å². The van der Waals surface area contributed by atoms with Gasteiger partial charge >= 0.3 is 0 Å². The zero-order valence-corrected chi connectivity index (χ0v) is 11.7. The van der Waals surface area contributed by atoms with Crippen molar-refractivity contribution in [1.29, 1.82) is 0 Å². The van der Waals surface area contributed by atoms with Gasteiger partial charge in [-0.1, -0.05) is 12.8 Å². The Hall–Kier alpha value is -0.466. The first-order valence-electron chi connectivity index (χ1n) is 6.79. The van der Waals surface area contributed by atoms with Crippen LogP contribution in [0.15, 0.2) is 35.8 Å². The van der Waals surface area contributed by atoms with Crippen LogP contribution in [0.5, 0.6) is 0 Å². The van der Waals surface area contributed by atoms with Crippen LogP contribution >= 0.6 is 0 Å². The van der Waals surface area contributed by atoms with Gasteiger partial charge in [0.25, 0.3) is 0 Å². The standard InChI is InChI=1S/2C8H12.Ni/c2*1-2-4-6-8-7-5-3-1;/h2*1,5H,2,4,6-8H2;. The zero-order valence-electron chi connectivity index (χ0n) is 10.7. The van der Waals surface area contributed by atoms with E-state index in [0.717, 1.165) is 0 Å². The van der Waals surface area contributed by atoms with Gasteiger partial charge < -0.3 is 0 Å². The predicted molar refractivity (Wildman–Crippen MR) is 71.5 cm³/mol. The average Bonchev–Trinajstić information content (AvgIpc) is 2.15. The SMILES string of the molecule is C1=CCCCCCC=1.C1=CCCCCCC=1.[Ni]. The molecule has 0 unspecified atom stereocenters. The van der Waals surface area contributed by atoms with Crippen LogP contribution in [0.2, 0.25) is 0 Å². The third-order valence-electron chi connectivity index (χ3n) is 2.87. The summed E-state index contributed by atoms with van der Waals surface area (Å²) in [6.45, 7) is 0. The van der Waals surface area contributed by atoms with E-state index in [9.17, 15) is 0 Å². The van der Waals surface area contributed by atoms with Gasteiger partial charge in [0.05, 0.1) is 0 Å². The maximum absolute atomic E-state index is 3.14. The molecule has 2 rings (SSSR count). The number of allylic oxidation sites excluding steroid dienone is 2. The molecule has 17 heavy (non-hydrogen) atoms. The van der Waals surface area contributed by atoms with Gasteiger partial charge in [-0.25, -0.2) is 0 Å². The van der Waals surface area contributed by atoms with E-state index in [0.29, 0.717) is 0 Å². The molecule has 0 aromatic heterocycles. The summed E-state index contributed by atoms with van der Waals surface area (Å²) in [7, 11) is 0. The third-order valence-corrected chi connectivity index (χ3v) is 2.87. The van der Waals surface area contributed by atoms with E-state index in [1.807, 2.05) is 0 Å².